The second kappa shape index (κ2) is 8.47. The average Bonchev–Trinajstić information content (AvgIpc) is 3.36. The van der Waals surface area contributed by atoms with Gasteiger partial charge in [0.15, 0.2) is 5.13 Å². The second-order valence-electron chi connectivity index (χ2n) is 6.74. The lowest BCUT2D eigenvalue weighted by Gasteiger charge is -2.23. The van der Waals surface area contributed by atoms with E-state index >= 15 is 0 Å². The molecular formula is C21H21ClN2O3S. The van der Waals surface area contributed by atoms with Crippen molar-refractivity contribution in [1.29, 1.82) is 0 Å². The second-order valence-corrected chi connectivity index (χ2v) is 8.15. The van der Waals surface area contributed by atoms with Crippen LogP contribution in [0.2, 0.25) is 5.02 Å². The summed E-state index contributed by atoms with van der Waals surface area (Å²) >= 11 is 7.77. The Labute approximate surface area is 172 Å². The van der Waals surface area contributed by atoms with Gasteiger partial charge in [-0.1, -0.05) is 41.1 Å². The molecule has 3 aromatic rings. The molecule has 1 aromatic heterocycles. The molecule has 4 rings (SSSR count). The third-order valence-corrected chi connectivity index (χ3v) is 6.25. The number of anilines is 1. The average molecular weight is 417 g/mol. The first kappa shape index (κ1) is 19.2. The fraction of sp³-hybridized carbons (Fsp3) is 0.333. The summed E-state index contributed by atoms with van der Waals surface area (Å²) in [6.07, 6.45) is 2.24. The third-order valence-electron chi connectivity index (χ3n) is 4.83. The molecule has 1 unspecified atom stereocenters. The zero-order valence-electron chi connectivity index (χ0n) is 15.6. The number of carbonyl (C=O) groups excluding carboxylic acids is 1. The van der Waals surface area contributed by atoms with Gasteiger partial charge in [-0.05, 0) is 36.6 Å². The van der Waals surface area contributed by atoms with E-state index in [9.17, 15) is 4.79 Å². The molecule has 1 amide bonds. The van der Waals surface area contributed by atoms with Crippen LogP contribution in [-0.2, 0) is 16.0 Å². The summed E-state index contributed by atoms with van der Waals surface area (Å²) in [6, 6.07) is 13.2. The van der Waals surface area contributed by atoms with Crippen LogP contribution in [0.15, 0.2) is 42.5 Å². The number of hydrogen-bond donors (Lipinski definition) is 0. The molecule has 1 saturated heterocycles. The van der Waals surface area contributed by atoms with Gasteiger partial charge in [0.1, 0.15) is 5.75 Å². The van der Waals surface area contributed by atoms with Crippen molar-refractivity contribution in [3.05, 3.63) is 53.1 Å². The van der Waals surface area contributed by atoms with E-state index in [0.29, 0.717) is 16.7 Å². The first-order valence-electron chi connectivity index (χ1n) is 9.24. The third kappa shape index (κ3) is 4.14. The van der Waals surface area contributed by atoms with Gasteiger partial charge >= 0.3 is 0 Å². The number of fused-ring (bicyclic) bond motifs is 1. The number of methoxy groups -OCH3 is 1. The van der Waals surface area contributed by atoms with Crippen molar-refractivity contribution in [2.75, 3.05) is 25.2 Å². The maximum absolute atomic E-state index is 13.2. The molecule has 0 saturated carbocycles. The van der Waals surface area contributed by atoms with Crippen LogP contribution in [0.25, 0.3) is 10.2 Å². The summed E-state index contributed by atoms with van der Waals surface area (Å²) in [5, 5.41) is 1.28. The van der Waals surface area contributed by atoms with E-state index in [1.54, 1.807) is 18.1 Å². The predicted molar refractivity (Wildman–Crippen MR) is 113 cm³/mol. The lowest BCUT2D eigenvalue weighted by molar-refractivity contribution is -0.118. The monoisotopic (exact) mass is 416 g/mol. The van der Waals surface area contributed by atoms with Gasteiger partial charge in [-0.25, -0.2) is 4.98 Å². The van der Waals surface area contributed by atoms with Gasteiger partial charge in [-0.2, -0.15) is 0 Å². The molecule has 146 valence electrons. The fourth-order valence-electron chi connectivity index (χ4n) is 3.32. The van der Waals surface area contributed by atoms with Gasteiger partial charge in [0.25, 0.3) is 0 Å². The SMILES string of the molecule is COc1ccc2sc(N(CC3CCCO3)C(=O)Cc3ccccc3Cl)nc2c1. The van der Waals surface area contributed by atoms with Gasteiger partial charge in [0.05, 0.1) is 36.4 Å². The van der Waals surface area contributed by atoms with Crippen molar-refractivity contribution < 1.29 is 14.3 Å². The summed E-state index contributed by atoms with van der Waals surface area (Å²) < 4.78 is 12.1. The lowest BCUT2D eigenvalue weighted by atomic mass is 10.1. The highest BCUT2D eigenvalue weighted by Gasteiger charge is 2.26. The normalized spacial score (nSPS) is 16.4. The van der Waals surface area contributed by atoms with E-state index in [1.807, 2.05) is 36.4 Å². The van der Waals surface area contributed by atoms with Crippen molar-refractivity contribution in [3.63, 3.8) is 0 Å². The number of nitrogens with zero attached hydrogens (tertiary/aromatic N) is 2. The molecular weight excluding hydrogens is 396 g/mol. The van der Waals surface area contributed by atoms with Gasteiger partial charge in [-0.15, -0.1) is 0 Å². The molecule has 0 radical (unpaired) electrons. The standard InChI is InChI=1S/C21H21ClN2O3S/c1-26-15-8-9-19-18(12-15)23-21(28-19)24(13-16-6-4-10-27-16)20(25)11-14-5-2-3-7-17(14)22/h2-3,5,7-9,12,16H,4,6,10-11,13H2,1H3. The largest absolute Gasteiger partial charge is 0.497 e. The molecule has 5 nitrogen and oxygen atoms in total. The van der Waals surface area contributed by atoms with Crippen molar-refractivity contribution in [1.82, 2.24) is 4.98 Å². The van der Waals surface area contributed by atoms with Crippen LogP contribution in [0, 0.1) is 0 Å². The lowest BCUT2D eigenvalue weighted by Crippen LogP contribution is -2.38. The van der Waals surface area contributed by atoms with Crippen LogP contribution in [0.1, 0.15) is 18.4 Å². The first-order valence-corrected chi connectivity index (χ1v) is 10.4. The summed E-state index contributed by atoms with van der Waals surface area (Å²) in [6.45, 7) is 1.24. The zero-order chi connectivity index (χ0) is 19.5. The van der Waals surface area contributed by atoms with Gasteiger partial charge in [0.2, 0.25) is 5.91 Å². The predicted octanol–water partition coefficient (Wildman–Crippen LogP) is 4.71. The molecule has 0 bridgehead atoms. The molecule has 2 aromatic carbocycles. The van der Waals surface area contributed by atoms with Crippen molar-refractivity contribution in [2.24, 2.45) is 0 Å². The number of ether oxygens (including phenoxy) is 2. The number of aromatic nitrogens is 1. The molecule has 0 spiro atoms. The minimum atomic E-state index is -0.0328. The molecule has 2 heterocycles. The Morgan fingerprint density at radius 2 is 2.21 bits per heavy atom. The van der Waals surface area contributed by atoms with E-state index in [4.69, 9.17) is 26.1 Å². The smallest absolute Gasteiger partial charge is 0.233 e. The molecule has 7 heteroatoms. The Hall–Kier alpha value is -2.15. The Morgan fingerprint density at radius 3 is 2.96 bits per heavy atom. The fourth-order valence-corrected chi connectivity index (χ4v) is 4.49. The summed E-state index contributed by atoms with van der Waals surface area (Å²) in [5.41, 5.74) is 1.64. The summed E-state index contributed by atoms with van der Waals surface area (Å²) in [4.78, 5) is 19.7. The topological polar surface area (TPSA) is 51.7 Å². The number of hydrogen-bond acceptors (Lipinski definition) is 5. The Bertz CT molecular complexity index is 985. The molecule has 0 aliphatic carbocycles. The van der Waals surface area contributed by atoms with Crippen LogP contribution in [0.4, 0.5) is 5.13 Å². The first-order chi connectivity index (χ1) is 13.6. The quantitative estimate of drug-likeness (QED) is 0.583. The molecule has 1 aliphatic heterocycles. The van der Waals surface area contributed by atoms with E-state index < -0.39 is 0 Å². The number of benzene rings is 2. The minimum absolute atomic E-state index is 0.0328. The maximum Gasteiger partial charge on any atom is 0.233 e. The van der Waals surface area contributed by atoms with Gasteiger partial charge in [0, 0.05) is 17.7 Å². The van der Waals surface area contributed by atoms with E-state index in [-0.39, 0.29) is 18.4 Å². The van der Waals surface area contributed by atoms with Crippen molar-refractivity contribution in [2.45, 2.75) is 25.4 Å². The van der Waals surface area contributed by atoms with Crippen molar-refractivity contribution in [3.8, 4) is 5.75 Å². The number of thiazole rings is 1. The number of halogens is 1. The maximum atomic E-state index is 13.2. The van der Waals surface area contributed by atoms with E-state index in [0.717, 1.165) is 41.0 Å². The highest BCUT2D eigenvalue weighted by Crippen LogP contribution is 2.32. The van der Waals surface area contributed by atoms with E-state index in [1.165, 1.54) is 11.3 Å². The number of carbonyl (C=O) groups is 1. The summed E-state index contributed by atoms with van der Waals surface area (Å²) in [5.74, 6) is 0.715. The molecule has 1 fully saturated rings. The van der Waals surface area contributed by atoms with Gasteiger partial charge in [-0.3, -0.25) is 9.69 Å². The number of rotatable bonds is 6. The van der Waals surface area contributed by atoms with Crippen LogP contribution in [-0.4, -0.2) is 37.3 Å². The Kier molecular flexibility index (Phi) is 5.80. The molecule has 1 atom stereocenters. The van der Waals surface area contributed by atoms with E-state index in [2.05, 4.69) is 0 Å². The van der Waals surface area contributed by atoms with Gasteiger partial charge < -0.3 is 9.47 Å². The van der Waals surface area contributed by atoms with Crippen LogP contribution < -0.4 is 9.64 Å². The molecule has 28 heavy (non-hydrogen) atoms. The van der Waals surface area contributed by atoms with Crippen molar-refractivity contribution >= 4 is 44.2 Å². The summed E-state index contributed by atoms with van der Waals surface area (Å²) in [7, 11) is 1.63. The van der Waals surface area contributed by atoms with Crippen LogP contribution in [0.3, 0.4) is 0 Å². The van der Waals surface area contributed by atoms with Crippen LogP contribution in [0.5, 0.6) is 5.75 Å². The molecule has 1 aliphatic rings. The Balaban J connectivity index is 1.64. The highest BCUT2D eigenvalue weighted by atomic mass is 35.5. The molecule has 0 N–H and O–H groups in total. The minimum Gasteiger partial charge on any atom is -0.497 e. The number of amides is 1. The highest BCUT2D eigenvalue weighted by molar-refractivity contribution is 7.22. The zero-order valence-corrected chi connectivity index (χ0v) is 17.1. The van der Waals surface area contributed by atoms with Crippen LogP contribution >= 0.6 is 22.9 Å². The Morgan fingerprint density at radius 1 is 1.36 bits per heavy atom.